The normalized spacial score (nSPS) is 12.6. The first-order valence-electron chi connectivity index (χ1n) is 16.4. The molecule has 0 bridgehead atoms. The number of benzene rings is 3. The third-order valence-corrected chi connectivity index (χ3v) is 8.38. The second kappa shape index (κ2) is 15.7. The lowest BCUT2D eigenvalue weighted by molar-refractivity contribution is -0.193. The molecule has 0 aliphatic heterocycles. The van der Waals surface area contributed by atoms with Gasteiger partial charge in [-0.05, 0) is 78.7 Å². The van der Waals surface area contributed by atoms with Crippen molar-refractivity contribution in [2.75, 3.05) is 13.1 Å². The first-order chi connectivity index (χ1) is 24.2. The molecule has 254 valence electrons. The van der Waals surface area contributed by atoms with Gasteiger partial charge >= 0.3 is 18.1 Å². The Bertz CT molecular complexity index is 2000. The van der Waals surface area contributed by atoms with Crippen LogP contribution < -0.4 is 5.32 Å². The van der Waals surface area contributed by atoms with Crippen LogP contribution in [0.4, 0.5) is 13.2 Å². The van der Waals surface area contributed by atoms with E-state index in [0.717, 1.165) is 34.2 Å². The van der Waals surface area contributed by atoms with Crippen LogP contribution >= 0.6 is 0 Å². The van der Waals surface area contributed by atoms with E-state index in [9.17, 15) is 22.8 Å². The average molecular weight is 677 g/mol. The molecule has 0 amide bonds. The number of hydrogen-bond acceptors (Lipinski definition) is 6. The molecular formula is C40H35F3N4O3. The second-order valence-corrected chi connectivity index (χ2v) is 11.9. The first-order valence-corrected chi connectivity index (χ1v) is 16.4. The fourth-order valence-electron chi connectivity index (χ4n) is 5.81. The zero-order valence-corrected chi connectivity index (χ0v) is 27.2. The minimum Gasteiger partial charge on any atom is -0.381 e. The summed E-state index contributed by atoms with van der Waals surface area (Å²) in [5.41, 5.74) is 7.53. The Labute approximate surface area is 288 Å². The van der Waals surface area contributed by atoms with E-state index in [-0.39, 0.29) is 12.2 Å². The van der Waals surface area contributed by atoms with Crippen LogP contribution in [-0.2, 0) is 35.3 Å². The zero-order valence-electron chi connectivity index (χ0n) is 27.2. The van der Waals surface area contributed by atoms with Crippen molar-refractivity contribution in [3.8, 4) is 11.3 Å². The van der Waals surface area contributed by atoms with Crippen molar-refractivity contribution >= 4 is 36.2 Å². The number of aromatic nitrogens is 3. The van der Waals surface area contributed by atoms with E-state index in [1.165, 1.54) is 10.2 Å². The Morgan fingerprint density at radius 1 is 0.820 bits per heavy atom. The van der Waals surface area contributed by atoms with Crippen molar-refractivity contribution in [2.45, 2.75) is 38.4 Å². The number of aryl methyl sites for hydroxylation is 2. The molecule has 0 fully saturated rings. The highest BCUT2D eigenvalue weighted by Gasteiger charge is 2.43. The molecule has 7 nitrogen and oxygen atoms in total. The molecule has 0 spiro atoms. The minimum atomic E-state index is -5.30. The highest BCUT2D eigenvalue weighted by molar-refractivity contribution is 5.99. The molecule has 5 aromatic rings. The maximum atomic E-state index is 13.1. The van der Waals surface area contributed by atoms with Gasteiger partial charge in [0.2, 0.25) is 0 Å². The molecule has 0 atom stereocenters. The number of alkyl halides is 3. The number of halogens is 3. The van der Waals surface area contributed by atoms with Crippen LogP contribution in [0.3, 0.4) is 0 Å². The topological polar surface area (TPSA) is 86.1 Å². The molecule has 0 unspecified atom stereocenters. The monoisotopic (exact) mass is 676 g/mol. The van der Waals surface area contributed by atoms with Gasteiger partial charge in [0.25, 0.3) is 0 Å². The van der Waals surface area contributed by atoms with Crippen molar-refractivity contribution in [1.29, 1.82) is 0 Å². The zero-order chi connectivity index (χ0) is 34.9. The number of pyridine rings is 1. The molecule has 1 N–H and O–H groups in total. The highest BCUT2D eigenvalue weighted by Crippen LogP contribution is 2.35. The van der Waals surface area contributed by atoms with E-state index in [1.807, 2.05) is 66.7 Å². The fraction of sp³-hybridized carbons (Fsp3) is 0.200. The number of carbonyl (C=O) groups is 2. The molecule has 6 rings (SSSR count). The molecule has 2 aromatic heterocycles. The summed E-state index contributed by atoms with van der Waals surface area (Å²) in [6.07, 6.45) is 6.57. The largest absolute Gasteiger partial charge is 0.491 e. The van der Waals surface area contributed by atoms with Gasteiger partial charge in [0, 0.05) is 23.9 Å². The van der Waals surface area contributed by atoms with E-state index in [4.69, 9.17) is 0 Å². The SMILES string of the molecule is O=C(OC(=O)C(F)(F)F)c1c2c(nn1CCCNCCc1ccc(C=Cc3ccccc3)cc1)-c1cc(C=Cc3ccccc3)ncc1CC2. The summed E-state index contributed by atoms with van der Waals surface area (Å²) in [5.74, 6) is -3.92. The van der Waals surface area contributed by atoms with Crippen LogP contribution in [0.15, 0.2) is 97.2 Å². The first kappa shape index (κ1) is 34.3. The van der Waals surface area contributed by atoms with E-state index in [2.05, 4.69) is 68.7 Å². The van der Waals surface area contributed by atoms with Gasteiger partial charge in [-0.25, -0.2) is 9.59 Å². The number of esters is 2. The van der Waals surface area contributed by atoms with Crippen LogP contribution in [0.25, 0.3) is 35.6 Å². The molecule has 3 aromatic carbocycles. The van der Waals surface area contributed by atoms with Gasteiger partial charge in [0.05, 0.1) is 11.4 Å². The van der Waals surface area contributed by atoms with Crippen LogP contribution in [0.1, 0.15) is 56.0 Å². The van der Waals surface area contributed by atoms with Gasteiger partial charge in [-0.3, -0.25) is 9.67 Å². The van der Waals surface area contributed by atoms with E-state index in [1.54, 1.807) is 6.20 Å². The summed E-state index contributed by atoms with van der Waals surface area (Å²) in [5, 5.41) is 8.08. The van der Waals surface area contributed by atoms with Gasteiger partial charge in [-0.2, -0.15) is 18.3 Å². The summed E-state index contributed by atoms with van der Waals surface area (Å²) < 4.78 is 44.7. The molecular weight excluding hydrogens is 641 g/mol. The number of nitrogens with one attached hydrogen (secondary N) is 1. The van der Waals surface area contributed by atoms with Crippen molar-refractivity contribution in [3.63, 3.8) is 0 Å². The lowest BCUT2D eigenvalue weighted by atomic mass is 9.89. The smallest absolute Gasteiger partial charge is 0.381 e. The van der Waals surface area contributed by atoms with Gasteiger partial charge in [-0.15, -0.1) is 0 Å². The average Bonchev–Trinajstić information content (AvgIpc) is 3.51. The predicted octanol–water partition coefficient (Wildman–Crippen LogP) is 7.85. The second-order valence-electron chi connectivity index (χ2n) is 11.9. The third-order valence-electron chi connectivity index (χ3n) is 8.38. The number of ether oxygens (including phenoxy) is 1. The number of rotatable bonds is 12. The lowest BCUT2D eigenvalue weighted by Gasteiger charge is -2.16. The maximum absolute atomic E-state index is 13.1. The van der Waals surface area contributed by atoms with Crippen LogP contribution in [-0.4, -0.2) is 46.0 Å². The standard InChI is InChI=1S/C40H35F3N4O3/c41-40(42,43)39(49)50-38(48)37-34-21-19-32-27-45-33(20-18-29-10-5-2-6-11-29)26-35(32)36(34)46-47(37)25-7-23-44-24-22-31-16-14-30(15-17-31)13-12-28-8-3-1-4-9-28/h1-6,8-18,20,26-27,44H,7,19,21-25H2. The quantitative estimate of drug-likeness (QED) is 0.0627. The molecule has 1 aliphatic carbocycles. The molecule has 50 heavy (non-hydrogen) atoms. The van der Waals surface area contributed by atoms with Gasteiger partial charge in [0.15, 0.2) is 5.69 Å². The number of nitrogens with zero attached hydrogens (tertiary/aromatic N) is 3. The van der Waals surface area contributed by atoms with Crippen molar-refractivity contribution in [3.05, 3.63) is 142 Å². The Kier molecular flexibility index (Phi) is 10.8. The summed E-state index contributed by atoms with van der Waals surface area (Å²) in [6.45, 7) is 1.52. The molecule has 10 heteroatoms. The Balaban J connectivity index is 1.11. The van der Waals surface area contributed by atoms with Crippen molar-refractivity contribution < 1.29 is 27.5 Å². The van der Waals surface area contributed by atoms with E-state index >= 15 is 0 Å². The molecule has 0 radical (unpaired) electrons. The Morgan fingerprint density at radius 3 is 2.12 bits per heavy atom. The summed E-state index contributed by atoms with van der Waals surface area (Å²) in [6, 6.07) is 30.0. The number of hydrogen-bond donors (Lipinski definition) is 1. The Hall–Kier alpha value is -5.61. The summed E-state index contributed by atoms with van der Waals surface area (Å²) in [7, 11) is 0. The number of carbonyl (C=O) groups excluding carboxylic acids is 2. The molecule has 2 heterocycles. The maximum Gasteiger partial charge on any atom is 0.491 e. The minimum absolute atomic E-state index is 0.136. The van der Waals surface area contributed by atoms with Crippen molar-refractivity contribution in [1.82, 2.24) is 20.1 Å². The molecule has 1 aliphatic rings. The lowest BCUT2D eigenvalue weighted by Crippen LogP contribution is -2.29. The predicted molar refractivity (Wildman–Crippen MR) is 188 cm³/mol. The van der Waals surface area contributed by atoms with Crippen LogP contribution in [0.2, 0.25) is 0 Å². The van der Waals surface area contributed by atoms with Crippen LogP contribution in [0.5, 0.6) is 0 Å². The molecule has 0 saturated carbocycles. The van der Waals surface area contributed by atoms with Crippen LogP contribution in [0, 0.1) is 0 Å². The number of fused-ring (bicyclic) bond motifs is 3. The molecule has 0 saturated heterocycles. The van der Waals surface area contributed by atoms with Gasteiger partial charge in [-0.1, -0.05) is 103 Å². The van der Waals surface area contributed by atoms with E-state index in [0.29, 0.717) is 49.3 Å². The van der Waals surface area contributed by atoms with Gasteiger partial charge < -0.3 is 10.1 Å². The van der Waals surface area contributed by atoms with E-state index < -0.39 is 18.1 Å². The third kappa shape index (κ3) is 8.69. The summed E-state index contributed by atoms with van der Waals surface area (Å²) in [4.78, 5) is 29.2. The fourth-order valence-corrected chi connectivity index (χ4v) is 5.81. The highest BCUT2D eigenvalue weighted by atomic mass is 19.4. The van der Waals surface area contributed by atoms with Crippen molar-refractivity contribution in [2.24, 2.45) is 0 Å². The summed E-state index contributed by atoms with van der Waals surface area (Å²) >= 11 is 0. The Morgan fingerprint density at radius 2 is 1.46 bits per heavy atom. The van der Waals surface area contributed by atoms with Gasteiger partial charge in [0.1, 0.15) is 0 Å².